The van der Waals surface area contributed by atoms with Gasteiger partial charge in [0.15, 0.2) is 0 Å². The molecule has 0 saturated heterocycles. The third kappa shape index (κ3) is 4.32. The summed E-state index contributed by atoms with van der Waals surface area (Å²) in [5.41, 5.74) is 3.63. The molecule has 30 heavy (non-hydrogen) atoms. The van der Waals surface area contributed by atoms with Crippen molar-refractivity contribution in [2.24, 2.45) is 11.3 Å². The lowest BCUT2D eigenvalue weighted by Gasteiger charge is -2.55. The normalized spacial score (nSPS) is 30.6. The molecule has 0 aliphatic heterocycles. The summed E-state index contributed by atoms with van der Waals surface area (Å²) in [6, 6.07) is 6.99. The molecule has 2 aliphatic rings. The Morgan fingerprint density at radius 2 is 1.97 bits per heavy atom. The lowest BCUT2D eigenvalue weighted by atomic mass is 9.49. The molecule has 2 unspecified atom stereocenters. The number of ether oxygens (including phenoxy) is 2. The first-order chi connectivity index (χ1) is 14.3. The zero-order valence-electron chi connectivity index (χ0n) is 19.5. The minimum absolute atomic E-state index is 0.0160. The largest absolute Gasteiger partial charge is 0.469 e. The number of hydrogen-bond donors (Lipinski definition) is 1. The number of hydrogen-bond acceptors (Lipinski definition) is 4. The fourth-order valence-corrected chi connectivity index (χ4v) is 6.26. The van der Waals surface area contributed by atoms with E-state index in [1.165, 1.54) is 23.8 Å². The molecule has 0 bridgehead atoms. The van der Waals surface area contributed by atoms with Gasteiger partial charge in [-0.25, -0.2) is 0 Å². The Kier molecular flexibility index (Phi) is 7.61. The van der Waals surface area contributed by atoms with E-state index in [9.17, 15) is 4.79 Å². The van der Waals surface area contributed by atoms with E-state index in [2.05, 4.69) is 58.5 Å². The molecule has 0 N–H and O–H groups in total. The van der Waals surface area contributed by atoms with Crippen molar-refractivity contribution in [2.75, 3.05) is 19.5 Å². The molecule has 1 aromatic carbocycles. The van der Waals surface area contributed by atoms with Crippen molar-refractivity contribution in [2.45, 2.75) is 90.1 Å². The third-order valence-corrected chi connectivity index (χ3v) is 8.17. The number of benzene rings is 1. The van der Waals surface area contributed by atoms with Gasteiger partial charge in [0, 0.05) is 6.61 Å². The Balaban J connectivity index is 1.98. The van der Waals surface area contributed by atoms with Gasteiger partial charge in [-0.1, -0.05) is 51.8 Å². The van der Waals surface area contributed by atoms with E-state index in [-0.39, 0.29) is 23.4 Å². The minimum Gasteiger partial charge on any atom is -0.469 e. The monoisotopic (exact) mass is 432 g/mol. The van der Waals surface area contributed by atoms with Crippen LogP contribution < -0.4 is 0 Å². The van der Waals surface area contributed by atoms with E-state index in [1.807, 2.05) is 0 Å². The van der Waals surface area contributed by atoms with Crippen LogP contribution in [0.5, 0.6) is 0 Å². The highest BCUT2D eigenvalue weighted by Crippen LogP contribution is 2.60. The Labute approximate surface area is 188 Å². The summed E-state index contributed by atoms with van der Waals surface area (Å²) in [5, 5.41) is 0. The first kappa shape index (κ1) is 23.7. The van der Waals surface area contributed by atoms with Gasteiger partial charge in [0.25, 0.3) is 0 Å². The van der Waals surface area contributed by atoms with E-state index in [4.69, 9.17) is 9.47 Å². The van der Waals surface area contributed by atoms with Crippen LogP contribution in [0.4, 0.5) is 0 Å². The van der Waals surface area contributed by atoms with E-state index >= 15 is 0 Å². The molecule has 4 heteroatoms. The Morgan fingerprint density at radius 3 is 2.63 bits per heavy atom. The van der Waals surface area contributed by atoms with Crippen LogP contribution in [0, 0.1) is 11.3 Å². The first-order valence-corrected chi connectivity index (χ1v) is 12.4. The number of fused-ring (bicyclic) bond motifs is 3. The minimum atomic E-state index is -0.455. The summed E-state index contributed by atoms with van der Waals surface area (Å²) >= 11 is 4.32. The summed E-state index contributed by atoms with van der Waals surface area (Å²) in [6.45, 7) is 9.75. The number of unbranched alkanes of at least 4 members (excludes halogenated alkanes) is 2. The lowest BCUT2D eigenvalue weighted by molar-refractivity contribution is -0.163. The summed E-state index contributed by atoms with van der Waals surface area (Å²) < 4.78 is 11.8. The Bertz CT molecular complexity index is 746. The van der Waals surface area contributed by atoms with Crippen LogP contribution in [0.15, 0.2) is 18.2 Å². The molecular weight excluding hydrogens is 392 g/mol. The SMILES string of the molecule is COC(=O)[C@]1(C)CCCC2(C)c3ccc(C(C)C)cc3C(OCCCCCS)C[C@H]21. The molecule has 3 nitrogen and oxygen atoms in total. The van der Waals surface area contributed by atoms with Crippen LogP contribution in [0.3, 0.4) is 0 Å². The van der Waals surface area contributed by atoms with Crippen molar-refractivity contribution in [3.63, 3.8) is 0 Å². The second-order valence-electron chi connectivity index (χ2n) is 10.1. The second kappa shape index (κ2) is 9.65. The quantitative estimate of drug-likeness (QED) is 0.285. The first-order valence-electron chi connectivity index (χ1n) is 11.7. The van der Waals surface area contributed by atoms with Crippen LogP contribution in [-0.2, 0) is 19.7 Å². The smallest absolute Gasteiger partial charge is 0.311 e. The third-order valence-electron chi connectivity index (χ3n) is 7.86. The molecule has 4 atom stereocenters. The standard InChI is InChI=1S/C26H40O3S/c1-18(2)19-10-11-21-20(16-19)22(29-14-7-6-8-15-30)17-23-25(21,3)12-9-13-26(23,4)24(27)28-5/h10-11,16,18,22-23,30H,6-9,12-15,17H2,1-5H3/t22?,23-,25?,26-/m1/s1. The van der Waals surface area contributed by atoms with Gasteiger partial charge >= 0.3 is 5.97 Å². The number of carbonyl (C=O) groups excluding carboxylic acids is 1. The molecule has 3 rings (SSSR count). The van der Waals surface area contributed by atoms with E-state index < -0.39 is 5.41 Å². The van der Waals surface area contributed by atoms with Crippen LogP contribution in [0.2, 0.25) is 0 Å². The molecule has 0 heterocycles. The maximum absolute atomic E-state index is 12.9. The van der Waals surface area contributed by atoms with Crippen LogP contribution in [0.1, 0.15) is 101 Å². The number of thiol groups is 1. The average Bonchev–Trinajstić information content (AvgIpc) is 2.73. The van der Waals surface area contributed by atoms with Gasteiger partial charge in [0.2, 0.25) is 0 Å². The van der Waals surface area contributed by atoms with Crippen LogP contribution >= 0.6 is 12.6 Å². The summed E-state index contributed by atoms with van der Waals surface area (Å²) in [5.74, 6) is 1.59. The molecular formula is C26H40O3S. The van der Waals surface area contributed by atoms with Crippen molar-refractivity contribution < 1.29 is 14.3 Å². The van der Waals surface area contributed by atoms with Gasteiger partial charge in [0.05, 0.1) is 18.6 Å². The maximum Gasteiger partial charge on any atom is 0.311 e. The molecule has 0 amide bonds. The predicted octanol–water partition coefficient (Wildman–Crippen LogP) is 6.61. The Morgan fingerprint density at radius 1 is 1.20 bits per heavy atom. The maximum atomic E-state index is 12.9. The zero-order valence-corrected chi connectivity index (χ0v) is 20.4. The zero-order chi connectivity index (χ0) is 21.9. The van der Waals surface area contributed by atoms with Gasteiger partial charge in [-0.3, -0.25) is 4.79 Å². The lowest BCUT2D eigenvalue weighted by Crippen LogP contribution is -2.53. The van der Waals surface area contributed by atoms with Gasteiger partial charge in [-0.2, -0.15) is 12.6 Å². The van der Waals surface area contributed by atoms with Crippen molar-refractivity contribution in [1.29, 1.82) is 0 Å². The molecule has 0 spiro atoms. The molecule has 1 aromatic rings. The second-order valence-corrected chi connectivity index (χ2v) is 10.6. The van der Waals surface area contributed by atoms with E-state index in [1.54, 1.807) is 0 Å². The fourth-order valence-electron chi connectivity index (χ4n) is 6.04. The van der Waals surface area contributed by atoms with E-state index in [0.717, 1.165) is 57.3 Å². The molecule has 2 aliphatic carbocycles. The van der Waals surface area contributed by atoms with Crippen molar-refractivity contribution in [3.05, 3.63) is 34.9 Å². The number of methoxy groups -OCH3 is 1. The molecule has 168 valence electrons. The molecule has 0 aromatic heterocycles. The highest BCUT2D eigenvalue weighted by atomic mass is 32.1. The fraction of sp³-hybridized carbons (Fsp3) is 0.731. The summed E-state index contributed by atoms with van der Waals surface area (Å²) in [4.78, 5) is 12.9. The number of esters is 1. The topological polar surface area (TPSA) is 35.5 Å². The molecule has 1 saturated carbocycles. The molecule has 1 fully saturated rings. The highest BCUT2D eigenvalue weighted by Gasteiger charge is 2.57. The predicted molar refractivity (Wildman–Crippen MR) is 126 cm³/mol. The number of rotatable bonds is 8. The van der Waals surface area contributed by atoms with Gasteiger partial charge in [-0.05, 0) is 78.7 Å². The van der Waals surface area contributed by atoms with Gasteiger partial charge < -0.3 is 9.47 Å². The number of carbonyl (C=O) groups is 1. The highest BCUT2D eigenvalue weighted by molar-refractivity contribution is 7.80. The van der Waals surface area contributed by atoms with Crippen molar-refractivity contribution in [3.8, 4) is 0 Å². The Hall–Kier alpha value is -1.00. The van der Waals surface area contributed by atoms with Gasteiger partial charge in [0.1, 0.15) is 0 Å². The average molecular weight is 433 g/mol. The molecule has 0 radical (unpaired) electrons. The van der Waals surface area contributed by atoms with Gasteiger partial charge in [-0.15, -0.1) is 0 Å². The summed E-state index contributed by atoms with van der Waals surface area (Å²) in [7, 11) is 1.53. The van der Waals surface area contributed by atoms with Crippen molar-refractivity contribution >= 4 is 18.6 Å². The van der Waals surface area contributed by atoms with Crippen LogP contribution in [-0.4, -0.2) is 25.4 Å². The van der Waals surface area contributed by atoms with Crippen LogP contribution in [0.25, 0.3) is 0 Å². The van der Waals surface area contributed by atoms with Crippen molar-refractivity contribution in [1.82, 2.24) is 0 Å². The summed E-state index contributed by atoms with van der Waals surface area (Å²) in [6.07, 6.45) is 7.35. The van der Waals surface area contributed by atoms with E-state index in [0.29, 0.717) is 5.92 Å².